The van der Waals surface area contributed by atoms with E-state index in [-0.39, 0.29) is 5.92 Å². The first kappa shape index (κ1) is 21.6. The third kappa shape index (κ3) is 5.36. The Balaban J connectivity index is 1.51. The van der Waals surface area contributed by atoms with E-state index in [1.54, 1.807) is 0 Å². The molecule has 0 saturated carbocycles. The van der Waals surface area contributed by atoms with E-state index in [4.69, 9.17) is 9.26 Å². The number of nitrogens with zero attached hydrogens (tertiary/aromatic N) is 3. The van der Waals surface area contributed by atoms with E-state index in [1.807, 2.05) is 38.4 Å². The highest BCUT2D eigenvalue weighted by Crippen LogP contribution is 2.33. The second-order valence-electron chi connectivity index (χ2n) is 8.96. The van der Waals surface area contributed by atoms with Crippen LogP contribution in [0.4, 0.5) is 0 Å². The van der Waals surface area contributed by atoms with E-state index < -0.39 is 0 Å². The lowest BCUT2D eigenvalue weighted by Crippen LogP contribution is -2.27. The van der Waals surface area contributed by atoms with Gasteiger partial charge in [0, 0.05) is 11.9 Å². The van der Waals surface area contributed by atoms with Crippen molar-refractivity contribution in [2.45, 2.75) is 38.6 Å². The maximum Gasteiger partial charge on any atom is 0.175 e. The zero-order valence-electron chi connectivity index (χ0n) is 18.6. The maximum absolute atomic E-state index is 9.19. The van der Waals surface area contributed by atoms with Gasteiger partial charge in [0.2, 0.25) is 0 Å². The van der Waals surface area contributed by atoms with E-state index in [9.17, 15) is 5.26 Å². The van der Waals surface area contributed by atoms with Crippen LogP contribution in [-0.4, -0.2) is 43.8 Å². The Bertz CT molecular complexity index is 993. The fraction of sp³-hybridized carbons (Fsp3) is 0.520. The molecule has 1 fully saturated rings. The molecular formula is C25H32N4O2. The standard InChI is InChI=1S/C25H32N4O2/c1-29(2)16-22-24(30-17-20-5-3-4-19(14-20)15-26)9-7-21-23(28-31-25(21)22)8-6-18-10-12-27-13-11-18/h3-5,7,9,18-19,27H,6,8,10-14,16-17H2,1-2H3. The number of benzene rings is 1. The quantitative estimate of drug-likeness (QED) is 0.689. The van der Waals surface area contributed by atoms with Crippen LogP contribution in [0.3, 0.4) is 0 Å². The van der Waals surface area contributed by atoms with Gasteiger partial charge in [-0.3, -0.25) is 0 Å². The molecule has 0 bridgehead atoms. The number of hydrogen-bond acceptors (Lipinski definition) is 6. The minimum Gasteiger partial charge on any atom is -0.489 e. The molecule has 1 aliphatic carbocycles. The summed E-state index contributed by atoms with van der Waals surface area (Å²) in [5.41, 5.74) is 4.05. The monoisotopic (exact) mass is 420 g/mol. The zero-order valence-corrected chi connectivity index (χ0v) is 18.6. The molecule has 31 heavy (non-hydrogen) atoms. The van der Waals surface area contributed by atoms with E-state index in [0.717, 1.165) is 78.4 Å². The van der Waals surface area contributed by atoms with E-state index in [2.05, 4.69) is 27.5 Å². The third-order valence-electron chi connectivity index (χ3n) is 6.23. The minimum atomic E-state index is -0.0656. The summed E-state index contributed by atoms with van der Waals surface area (Å²) in [5, 5.41) is 18.2. The SMILES string of the molecule is CN(C)Cc1c(OCC2=CC=CC(C#N)C2)ccc2c(CCC3CCNCC3)noc12. The number of piperidine rings is 1. The number of ether oxygens (including phenoxy) is 1. The summed E-state index contributed by atoms with van der Waals surface area (Å²) < 4.78 is 12.1. The summed E-state index contributed by atoms with van der Waals surface area (Å²) in [6, 6.07) is 6.45. The van der Waals surface area contributed by atoms with Crippen LogP contribution < -0.4 is 10.1 Å². The summed E-state index contributed by atoms with van der Waals surface area (Å²) >= 11 is 0. The molecule has 2 heterocycles. The van der Waals surface area contributed by atoms with Crippen LogP contribution >= 0.6 is 0 Å². The first-order valence-electron chi connectivity index (χ1n) is 11.3. The molecule has 1 atom stereocenters. The van der Waals surface area contributed by atoms with Crippen molar-refractivity contribution in [3.63, 3.8) is 0 Å². The molecule has 0 spiro atoms. The van der Waals surface area contributed by atoms with Gasteiger partial charge in [-0.25, -0.2) is 0 Å². The van der Waals surface area contributed by atoms with Crippen molar-refractivity contribution in [1.82, 2.24) is 15.4 Å². The van der Waals surface area contributed by atoms with Gasteiger partial charge in [0.15, 0.2) is 5.58 Å². The van der Waals surface area contributed by atoms with Gasteiger partial charge < -0.3 is 19.5 Å². The van der Waals surface area contributed by atoms with Crippen LogP contribution in [0.5, 0.6) is 5.75 Å². The summed E-state index contributed by atoms with van der Waals surface area (Å²) in [4.78, 5) is 2.12. The van der Waals surface area contributed by atoms with Crippen molar-refractivity contribution in [1.29, 1.82) is 5.26 Å². The number of fused-ring (bicyclic) bond motifs is 1. The zero-order chi connectivity index (χ0) is 21.6. The van der Waals surface area contributed by atoms with Gasteiger partial charge >= 0.3 is 0 Å². The van der Waals surface area contributed by atoms with Crippen LogP contribution in [0.2, 0.25) is 0 Å². The lowest BCUT2D eigenvalue weighted by atomic mass is 9.92. The molecule has 1 N–H and O–H groups in total. The molecule has 1 saturated heterocycles. The molecule has 1 aromatic heterocycles. The van der Waals surface area contributed by atoms with Crippen molar-refractivity contribution in [2.24, 2.45) is 11.8 Å². The Morgan fingerprint density at radius 3 is 2.90 bits per heavy atom. The topological polar surface area (TPSA) is 74.3 Å². The highest BCUT2D eigenvalue weighted by atomic mass is 16.5. The van der Waals surface area contributed by atoms with Crippen LogP contribution in [0.1, 0.15) is 36.9 Å². The van der Waals surface area contributed by atoms with Gasteiger partial charge in [-0.2, -0.15) is 5.26 Å². The van der Waals surface area contributed by atoms with Crippen molar-refractivity contribution in [2.75, 3.05) is 33.8 Å². The Hall–Kier alpha value is -2.62. The second-order valence-corrected chi connectivity index (χ2v) is 8.96. The molecule has 0 radical (unpaired) electrons. The lowest BCUT2D eigenvalue weighted by Gasteiger charge is -2.21. The number of aromatic nitrogens is 1. The fourth-order valence-corrected chi connectivity index (χ4v) is 4.49. The number of aryl methyl sites for hydroxylation is 1. The Morgan fingerprint density at radius 1 is 1.29 bits per heavy atom. The molecule has 2 aliphatic rings. The Kier molecular flexibility index (Phi) is 7.06. The van der Waals surface area contributed by atoms with Crippen LogP contribution in [-0.2, 0) is 13.0 Å². The van der Waals surface area contributed by atoms with Crippen molar-refractivity contribution < 1.29 is 9.26 Å². The van der Waals surface area contributed by atoms with Crippen molar-refractivity contribution >= 4 is 11.0 Å². The second kappa shape index (κ2) is 10.1. The van der Waals surface area contributed by atoms with Crippen molar-refractivity contribution in [3.8, 4) is 11.8 Å². The third-order valence-corrected chi connectivity index (χ3v) is 6.23. The molecule has 1 aliphatic heterocycles. The van der Waals surface area contributed by atoms with Crippen LogP contribution in [0.25, 0.3) is 11.0 Å². The molecule has 4 rings (SSSR count). The average molecular weight is 421 g/mol. The van der Waals surface area contributed by atoms with Gasteiger partial charge in [0.05, 0.1) is 23.2 Å². The molecule has 0 amide bonds. The van der Waals surface area contributed by atoms with Crippen LogP contribution in [0, 0.1) is 23.2 Å². The highest BCUT2D eigenvalue weighted by Gasteiger charge is 2.20. The lowest BCUT2D eigenvalue weighted by molar-refractivity contribution is 0.327. The van der Waals surface area contributed by atoms with E-state index >= 15 is 0 Å². The van der Waals surface area contributed by atoms with Gasteiger partial charge in [-0.05, 0) is 82.9 Å². The first-order valence-corrected chi connectivity index (χ1v) is 11.3. The largest absolute Gasteiger partial charge is 0.489 e. The maximum atomic E-state index is 9.19. The molecular weight excluding hydrogens is 388 g/mol. The van der Waals surface area contributed by atoms with Crippen molar-refractivity contribution in [3.05, 3.63) is 47.2 Å². The number of rotatable bonds is 8. The number of nitriles is 1. The molecule has 2 aromatic rings. The molecule has 1 aromatic carbocycles. The number of nitrogens with one attached hydrogen (secondary N) is 1. The summed E-state index contributed by atoms with van der Waals surface area (Å²) in [5.74, 6) is 1.53. The van der Waals surface area contributed by atoms with Gasteiger partial charge in [-0.15, -0.1) is 0 Å². The predicted octanol–water partition coefficient (Wildman–Crippen LogP) is 4.23. The normalized spacial score (nSPS) is 19.5. The minimum absolute atomic E-state index is 0.0656. The number of hydrogen-bond donors (Lipinski definition) is 1. The smallest absolute Gasteiger partial charge is 0.175 e. The van der Waals surface area contributed by atoms with Gasteiger partial charge in [0.1, 0.15) is 12.4 Å². The summed E-state index contributed by atoms with van der Waals surface area (Å²) in [6.45, 7) is 3.44. The fourth-order valence-electron chi connectivity index (χ4n) is 4.49. The predicted molar refractivity (Wildman–Crippen MR) is 122 cm³/mol. The van der Waals surface area contributed by atoms with Gasteiger partial charge in [0.25, 0.3) is 0 Å². The average Bonchev–Trinajstić information content (AvgIpc) is 3.21. The summed E-state index contributed by atoms with van der Waals surface area (Å²) in [7, 11) is 4.09. The Labute approximate surface area is 184 Å². The molecule has 1 unspecified atom stereocenters. The molecule has 6 nitrogen and oxygen atoms in total. The Morgan fingerprint density at radius 2 is 2.13 bits per heavy atom. The van der Waals surface area contributed by atoms with E-state index in [0.29, 0.717) is 6.61 Å². The van der Waals surface area contributed by atoms with Crippen LogP contribution in [0.15, 0.2) is 40.5 Å². The molecule has 164 valence electrons. The molecule has 6 heteroatoms. The first-order chi connectivity index (χ1) is 15.1. The van der Waals surface area contributed by atoms with E-state index in [1.165, 1.54) is 12.8 Å². The van der Waals surface area contributed by atoms with Gasteiger partial charge in [-0.1, -0.05) is 23.4 Å². The number of allylic oxidation sites excluding steroid dienone is 3. The highest BCUT2D eigenvalue weighted by molar-refractivity contribution is 5.84. The summed E-state index contributed by atoms with van der Waals surface area (Å²) in [6.07, 6.45) is 11.3.